The lowest BCUT2D eigenvalue weighted by molar-refractivity contribution is -0.140. The van der Waals surface area contributed by atoms with Gasteiger partial charge in [-0.25, -0.2) is 4.98 Å². The number of methoxy groups -OCH3 is 1. The van der Waals surface area contributed by atoms with Crippen LogP contribution in [0.15, 0.2) is 66.9 Å². The van der Waals surface area contributed by atoms with Crippen LogP contribution < -0.4 is 10.6 Å². The van der Waals surface area contributed by atoms with Crippen LogP contribution in [0.5, 0.6) is 0 Å². The minimum absolute atomic E-state index is 0.0381. The highest BCUT2D eigenvalue weighted by Gasteiger charge is 2.30. The van der Waals surface area contributed by atoms with Gasteiger partial charge in [0.15, 0.2) is 0 Å². The second-order valence-corrected chi connectivity index (χ2v) is 8.20. The number of aromatic nitrogens is 1. The van der Waals surface area contributed by atoms with Crippen LogP contribution in [0.25, 0.3) is 11.1 Å². The van der Waals surface area contributed by atoms with Gasteiger partial charge in [0.25, 0.3) is 5.91 Å². The average molecular weight is 500 g/mol. The van der Waals surface area contributed by atoms with Crippen molar-refractivity contribution in [1.29, 1.82) is 0 Å². The molecule has 3 rings (SSSR count). The monoisotopic (exact) mass is 499 g/mol. The first-order valence-electron chi connectivity index (χ1n) is 11.6. The van der Waals surface area contributed by atoms with E-state index in [0.29, 0.717) is 16.9 Å². The maximum atomic E-state index is 12.8. The first-order valence-corrected chi connectivity index (χ1v) is 11.6. The minimum Gasteiger partial charge on any atom is -0.469 e. The quantitative estimate of drug-likeness (QED) is 0.334. The topological polar surface area (TPSA) is 80.3 Å². The number of rotatable bonds is 10. The Morgan fingerprint density at radius 3 is 2.14 bits per heavy atom. The van der Waals surface area contributed by atoms with E-state index in [1.807, 2.05) is 24.3 Å². The van der Waals surface area contributed by atoms with Gasteiger partial charge in [-0.1, -0.05) is 49.7 Å². The third-order valence-electron chi connectivity index (χ3n) is 5.63. The number of anilines is 1. The Kier molecular flexibility index (Phi) is 9.05. The summed E-state index contributed by atoms with van der Waals surface area (Å²) in [6.45, 7) is 2.24. The van der Waals surface area contributed by atoms with Gasteiger partial charge in [-0.3, -0.25) is 9.59 Å². The van der Waals surface area contributed by atoms with Crippen molar-refractivity contribution in [2.45, 2.75) is 38.4 Å². The molecule has 1 amide bonds. The highest BCUT2D eigenvalue weighted by molar-refractivity contribution is 5.94. The molecule has 0 aliphatic heterocycles. The van der Waals surface area contributed by atoms with E-state index in [9.17, 15) is 22.8 Å². The number of benzene rings is 2. The Labute approximate surface area is 207 Å². The van der Waals surface area contributed by atoms with Crippen LogP contribution in [0.1, 0.15) is 53.7 Å². The Bertz CT molecular complexity index is 1150. The van der Waals surface area contributed by atoms with Crippen molar-refractivity contribution in [3.05, 3.63) is 83.6 Å². The summed E-state index contributed by atoms with van der Waals surface area (Å²) in [5, 5.41) is 6.03. The molecule has 9 heteroatoms. The summed E-state index contributed by atoms with van der Waals surface area (Å²) in [6.07, 6.45) is -1.06. The summed E-state index contributed by atoms with van der Waals surface area (Å²) >= 11 is 0. The Morgan fingerprint density at radius 1 is 0.972 bits per heavy atom. The number of halogens is 3. The predicted molar refractivity (Wildman–Crippen MR) is 131 cm³/mol. The van der Waals surface area contributed by atoms with Gasteiger partial charge in [0.05, 0.1) is 30.7 Å². The number of alkyl halides is 3. The van der Waals surface area contributed by atoms with Crippen molar-refractivity contribution in [3.8, 4) is 11.1 Å². The molecule has 0 spiro atoms. The van der Waals surface area contributed by atoms with Gasteiger partial charge in [-0.2, -0.15) is 13.2 Å². The highest BCUT2D eigenvalue weighted by Crippen LogP contribution is 2.32. The predicted octanol–water partition coefficient (Wildman–Crippen LogP) is 6.01. The van der Waals surface area contributed by atoms with Crippen molar-refractivity contribution in [3.63, 3.8) is 0 Å². The molecule has 1 unspecified atom stereocenters. The molecule has 0 bridgehead atoms. The lowest BCUT2D eigenvalue weighted by Crippen LogP contribution is -2.26. The fourth-order valence-electron chi connectivity index (χ4n) is 3.64. The van der Waals surface area contributed by atoms with Crippen LogP contribution in [-0.4, -0.2) is 30.5 Å². The van der Waals surface area contributed by atoms with Crippen LogP contribution in [0.2, 0.25) is 0 Å². The number of nitrogens with zero attached hydrogens (tertiary/aromatic N) is 1. The molecule has 0 fully saturated rings. The number of nitrogens with one attached hydrogen (secondary N) is 2. The summed E-state index contributed by atoms with van der Waals surface area (Å²) < 4.78 is 43.0. The first kappa shape index (κ1) is 26.7. The summed E-state index contributed by atoms with van der Waals surface area (Å²) in [4.78, 5) is 27.7. The van der Waals surface area contributed by atoms with E-state index in [0.717, 1.165) is 36.1 Å². The number of hydrogen-bond donors (Lipinski definition) is 2. The van der Waals surface area contributed by atoms with E-state index in [1.54, 1.807) is 12.1 Å². The van der Waals surface area contributed by atoms with Gasteiger partial charge in [-0.15, -0.1) is 0 Å². The second kappa shape index (κ2) is 12.2. The lowest BCUT2D eigenvalue weighted by atomic mass is 9.98. The van der Waals surface area contributed by atoms with Crippen molar-refractivity contribution < 1.29 is 27.5 Å². The van der Waals surface area contributed by atoms with Gasteiger partial charge in [-0.05, 0) is 47.4 Å². The number of carbonyl (C=O) groups is 2. The van der Waals surface area contributed by atoms with Crippen molar-refractivity contribution in [2.24, 2.45) is 0 Å². The van der Waals surface area contributed by atoms with Crippen LogP contribution in [-0.2, 0) is 15.7 Å². The molecule has 0 radical (unpaired) electrons. The van der Waals surface area contributed by atoms with Crippen LogP contribution in [0, 0.1) is 0 Å². The Hall–Kier alpha value is -3.88. The zero-order valence-electron chi connectivity index (χ0n) is 20.1. The maximum Gasteiger partial charge on any atom is 0.416 e. The third kappa shape index (κ3) is 7.31. The summed E-state index contributed by atoms with van der Waals surface area (Å²) in [5.41, 5.74) is 2.24. The van der Waals surface area contributed by atoms with Gasteiger partial charge in [0.1, 0.15) is 5.82 Å². The van der Waals surface area contributed by atoms with E-state index < -0.39 is 17.7 Å². The zero-order valence-corrected chi connectivity index (χ0v) is 20.1. The van der Waals surface area contributed by atoms with E-state index in [-0.39, 0.29) is 24.9 Å². The maximum absolute atomic E-state index is 12.8. The highest BCUT2D eigenvalue weighted by atomic mass is 19.4. The Morgan fingerprint density at radius 2 is 1.61 bits per heavy atom. The molecule has 6 nitrogen and oxygen atoms in total. The number of pyridine rings is 1. The molecule has 1 aromatic heterocycles. The molecule has 190 valence electrons. The average Bonchev–Trinajstić information content (AvgIpc) is 2.88. The normalized spacial score (nSPS) is 12.0. The van der Waals surface area contributed by atoms with Crippen molar-refractivity contribution >= 4 is 17.7 Å². The molecule has 3 aromatic rings. The number of amides is 1. The molecular weight excluding hydrogens is 471 g/mol. The van der Waals surface area contributed by atoms with Gasteiger partial charge >= 0.3 is 12.1 Å². The molecule has 0 aliphatic rings. The molecule has 0 aliphatic carbocycles. The standard InChI is InChI=1S/C27H28F3N3O3/c1-3-4-23(33-24-14-11-21(17-32-24)26(35)31-16-15-25(34)36-2)20-7-5-18(6-8-20)19-9-12-22(13-10-19)27(28,29)30/h5-14,17,23H,3-4,15-16H2,1-2H3,(H,31,35)(H,32,33). The molecular formula is C27H28F3N3O3. The fourth-order valence-corrected chi connectivity index (χ4v) is 3.64. The molecule has 1 heterocycles. The molecule has 1 atom stereocenters. The van der Waals surface area contributed by atoms with Crippen LogP contribution in [0.3, 0.4) is 0 Å². The molecule has 0 saturated carbocycles. The Balaban J connectivity index is 1.65. The lowest BCUT2D eigenvalue weighted by Gasteiger charge is -2.20. The number of hydrogen-bond acceptors (Lipinski definition) is 5. The van der Waals surface area contributed by atoms with E-state index in [1.165, 1.54) is 25.4 Å². The van der Waals surface area contributed by atoms with Crippen molar-refractivity contribution in [2.75, 3.05) is 19.0 Å². The molecule has 0 saturated heterocycles. The van der Waals surface area contributed by atoms with E-state index in [4.69, 9.17) is 0 Å². The summed E-state index contributed by atoms with van der Waals surface area (Å²) in [7, 11) is 1.29. The molecule has 2 N–H and O–H groups in total. The SMILES string of the molecule is CCCC(Nc1ccc(C(=O)NCCC(=O)OC)cn1)c1ccc(-c2ccc(C(F)(F)F)cc2)cc1. The largest absolute Gasteiger partial charge is 0.469 e. The van der Waals surface area contributed by atoms with E-state index in [2.05, 4.69) is 27.3 Å². The van der Waals surface area contributed by atoms with Gasteiger partial charge in [0, 0.05) is 12.7 Å². The smallest absolute Gasteiger partial charge is 0.416 e. The first-order chi connectivity index (χ1) is 17.2. The summed E-state index contributed by atoms with van der Waals surface area (Å²) in [5.74, 6) is -0.129. The van der Waals surface area contributed by atoms with Crippen LogP contribution >= 0.6 is 0 Å². The number of carbonyl (C=O) groups excluding carboxylic acids is 2. The van der Waals surface area contributed by atoms with Gasteiger partial charge < -0.3 is 15.4 Å². The zero-order chi connectivity index (χ0) is 26.1. The van der Waals surface area contributed by atoms with Gasteiger partial charge in [0.2, 0.25) is 0 Å². The third-order valence-corrected chi connectivity index (χ3v) is 5.63. The second-order valence-electron chi connectivity index (χ2n) is 8.20. The minimum atomic E-state index is -4.36. The number of esters is 1. The summed E-state index contributed by atoms with van der Waals surface area (Å²) in [6, 6.07) is 16.1. The fraction of sp³-hybridized carbons (Fsp3) is 0.296. The molecule has 2 aromatic carbocycles. The van der Waals surface area contributed by atoms with Crippen molar-refractivity contribution in [1.82, 2.24) is 10.3 Å². The van der Waals surface area contributed by atoms with E-state index >= 15 is 0 Å². The molecule has 36 heavy (non-hydrogen) atoms. The number of ether oxygens (including phenoxy) is 1. The van der Waals surface area contributed by atoms with Crippen LogP contribution in [0.4, 0.5) is 19.0 Å².